The number of nitrogens with zero attached hydrogens (tertiary/aromatic N) is 5. The van der Waals surface area contributed by atoms with Crippen LogP contribution in [0.25, 0.3) is 11.5 Å². The highest BCUT2D eigenvalue weighted by Crippen LogP contribution is 2.23. The van der Waals surface area contributed by atoms with E-state index in [1.54, 1.807) is 17.9 Å². The van der Waals surface area contributed by atoms with Crippen molar-refractivity contribution in [3.05, 3.63) is 17.5 Å². The van der Waals surface area contributed by atoms with Crippen LogP contribution in [0.15, 0.2) is 12.4 Å². The van der Waals surface area contributed by atoms with Crippen LogP contribution in [0.1, 0.15) is 0 Å². The topological polar surface area (TPSA) is 65.7 Å². The molecule has 78 valence electrons. The quantitative estimate of drug-likeness (QED) is 0.712. The van der Waals surface area contributed by atoms with Gasteiger partial charge < -0.3 is 4.74 Å². The molecule has 0 aromatic carbocycles. The number of hydrogen-bond acceptors (Lipinski definition) is 5. The van der Waals surface area contributed by atoms with E-state index in [1.807, 2.05) is 0 Å². The molecule has 0 N–H and O–H groups in total. The molecule has 0 aliphatic carbocycles. The highest BCUT2D eigenvalue weighted by atomic mass is 35.5. The highest BCUT2D eigenvalue weighted by molar-refractivity contribution is 6.30. The zero-order valence-corrected chi connectivity index (χ0v) is 8.93. The monoisotopic (exact) mass is 225 g/mol. The van der Waals surface area contributed by atoms with Gasteiger partial charge in [-0.25, -0.2) is 14.6 Å². The third-order valence-corrected chi connectivity index (χ3v) is 2.15. The van der Waals surface area contributed by atoms with Crippen LogP contribution in [0.5, 0.6) is 5.75 Å². The number of aromatic nitrogens is 5. The van der Waals surface area contributed by atoms with Crippen LogP contribution in [-0.4, -0.2) is 32.1 Å². The van der Waals surface area contributed by atoms with Crippen molar-refractivity contribution in [3.8, 4) is 17.3 Å². The fraction of sp³-hybridized carbons (Fsp3) is 0.250. The Bertz CT molecular complexity index is 484. The third kappa shape index (κ3) is 1.75. The number of methoxy groups -OCH3 is 1. The molecule has 7 heteroatoms. The van der Waals surface area contributed by atoms with Crippen molar-refractivity contribution >= 4 is 11.6 Å². The molecule has 0 aliphatic heterocycles. The molecule has 2 aromatic heterocycles. The summed E-state index contributed by atoms with van der Waals surface area (Å²) < 4.78 is 6.52. The smallest absolute Gasteiger partial charge is 0.181 e. The molecule has 0 saturated heterocycles. The van der Waals surface area contributed by atoms with Crippen molar-refractivity contribution in [2.24, 2.45) is 7.05 Å². The van der Waals surface area contributed by atoms with E-state index in [0.717, 1.165) is 0 Å². The minimum Gasteiger partial charge on any atom is -0.492 e. The molecular weight excluding hydrogens is 218 g/mol. The van der Waals surface area contributed by atoms with E-state index in [4.69, 9.17) is 16.3 Å². The van der Waals surface area contributed by atoms with Crippen molar-refractivity contribution in [3.63, 3.8) is 0 Å². The zero-order chi connectivity index (χ0) is 10.8. The second-order valence-corrected chi connectivity index (χ2v) is 3.15. The van der Waals surface area contributed by atoms with E-state index in [2.05, 4.69) is 20.3 Å². The predicted octanol–water partition coefficient (Wildman–Crippen LogP) is 0.934. The molecule has 0 amide bonds. The van der Waals surface area contributed by atoms with Gasteiger partial charge in [-0.2, -0.15) is 0 Å². The number of aryl methyl sites for hydroxylation is 1. The molecular formula is C8H8ClN5O. The van der Waals surface area contributed by atoms with Gasteiger partial charge in [-0.3, -0.25) is 0 Å². The second kappa shape index (κ2) is 3.82. The molecule has 0 unspecified atom stereocenters. The molecule has 6 nitrogen and oxygen atoms in total. The van der Waals surface area contributed by atoms with Gasteiger partial charge >= 0.3 is 0 Å². The van der Waals surface area contributed by atoms with Gasteiger partial charge in [-0.1, -0.05) is 16.8 Å². The fourth-order valence-electron chi connectivity index (χ4n) is 1.10. The molecule has 2 heterocycles. The Morgan fingerprint density at radius 3 is 2.73 bits per heavy atom. The average molecular weight is 226 g/mol. The lowest BCUT2D eigenvalue weighted by Crippen LogP contribution is -1.99. The van der Waals surface area contributed by atoms with Gasteiger partial charge in [-0.05, 0) is 0 Å². The highest BCUT2D eigenvalue weighted by Gasteiger charge is 2.10. The van der Waals surface area contributed by atoms with Crippen LogP contribution in [0, 0.1) is 0 Å². The first kappa shape index (κ1) is 9.85. The van der Waals surface area contributed by atoms with E-state index in [0.29, 0.717) is 17.3 Å². The predicted molar refractivity (Wildman–Crippen MR) is 53.6 cm³/mol. The Morgan fingerprint density at radius 1 is 1.40 bits per heavy atom. The lowest BCUT2D eigenvalue weighted by atomic mass is 10.4. The molecule has 0 radical (unpaired) electrons. The molecule has 0 atom stereocenters. The van der Waals surface area contributed by atoms with Crippen LogP contribution in [0.3, 0.4) is 0 Å². The summed E-state index contributed by atoms with van der Waals surface area (Å²) in [5.74, 6) is 0.906. The lowest BCUT2D eigenvalue weighted by molar-refractivity contribution is 0.411. The summed E-state index contributed by atoms with van der Waals surface area (Å²) in [4.78, 5) is 8.17. The molecule has 0 fully saturated rings. The standard InChI is InChI=1S/C8H8ClN5O/c1-14-5(3-11-13-14)8-10-4-6(15-2)7(9)12-8/h3-4H,1-2H3. The van der Waals surface area contributed by atoms with Crippen LogP contribution >= 0.6 is 11.6 Å². The minimum atomic E-state index is 0.267. The molecule has 2 rings (SSSR count). The Kier molecular flexibility index (Phi) is 2.51. The van der Waals surface area contributed by atoms with E-state index in [9.17, 15) is 0 Å². The van der Waals surface area contributed by atoms with Gasteiger partial charge in [0.25, 0.3) is 0 Å². The summed E-state index contributed by atoms with van der Waals surface area (Å²) >= 11 is 5.87. The van der Waals surface area contributed by atoms with Crippen LogP contribution in [0.2, 0.25) is 5.15 Å². The summed E-state index contributed by atoms with van der Waals surface area (Å²) in [5.41, 5.74) is 0.694. The molecule has 2 aromatic rings. The Balaban J connectivity index is 2.47. The van der Waals surface area contributed by atoms with E-state index in [-0.39, 0.29) is 5.15 Å². The van der Waals surface area contributed by atoms with Crippen LogP contribution < -0.4 is 4.74 Å². The number of halogens is 1. The normalized spacial score (nSPS) is 10.3. The van der Waals surface area contributed by atoms with Crippen molar-refractivity contribution in [1.82, 2.24) is 25.0 Å². The van der Waals surface area contributed by atoms with E-state index in [1.165, 1.54) is 13.3 Å². The van der Waals surface area contributed by atoms with Gasteiger partial charge in [0.05, 0.1) is 19.5 Å². The molecule has 0 saturated carbocycles. The van der Waals surface area contributed by atoms with Crippen LogP contribution in [-0.2, 0) is 7.05 Å². The molecule has 0 spiro atoms. The first-order chi connectivity index (χ1) is 7.22. The first-order valence-electron chi connectivity index (χ1n) is 4.14. The van der Waals surface area contributed by atoms with Crippen molar-refractivity contribution in [1.29, 1.82) is 0 Å². The molecule has 0 aliphatic rings. The molecule has 15 heavy (non-hydrogen) atoms. The maximum Gasteiger partial charge on any atom is 0.181 e. The third-order valence-electron chi connectivity index (χ3n) is 1.87. The van der Waals surface area contributed by atoms with Gasteiger partial charge in [0, 0.05) is 7.05 Å². The van der Waals surface area contributed by atoms with Crippen molar-refractivity contribution < 1.29 is 4.74 Å². The largest absolute Gasteiger partial charge is 0.492 e. The van der Waals surface area contributed by atoms with Gasteiger partial charge in [0.1, 0.15) is 5.69 Å². The Morgan fingerprint density at radius 2 is 2.20 bits per heavy atom. The zero-order valence-electron chi connectivity index (χ0n) is 8.18. The van der Waals surface area contributed by atoms with Crippen LogP contribution in [0.4, 0.5) is 0 Å². The van der Waals surface area contributed by atoms with E-state index < -0.39 is 0 Å². The van der Waals surface area contributed by atoms with Gasteiger partial charge in [0.2, 0.25) is 0 Å². The van der Waals surface area contributed by atoms with Gasteiger partial charge in [0.15, 0.2) is 16.7 Å². The summed E-state index contributed by atoms with van der Waals surface area (Å²) in [7, 11) is 3.26. The van der Waals surface area contributed by atoms with Gasteiger partial charge in [-0.15, -0.1) is 5.10 Å². The lowest BCUT2D eigenvalue weighted by Gasteiger charge is -2.03. The summed E-state index contributed by atoms with van der Waals surface area (Å²) in [5, 5.41) is 7.77. The Hall–Kier alpha value is -1.69. The minimum absolute atomic E-state index is 0.267. The number of ether oxygens (including phenoxy) is 1. The number of hydrogen-bond donors (Lipinski definition) is 0. The van der Waals surface area contributed by atoms with Crippen molar-refractivity contribution in [2.75, 3.05) is 7.11 Å². The summed E-state index contributed by atoms with van der Waals surface area (Å²) in [6.07, 6.45) is 3.08. The summed E-state index contributed by atoms with van der Waals surface area (Å²) in [6.45, 7) is 0. The van der Waals surface area contributed by atoms with Crippen molar-refractivity contribution in [2.45, 2.75) is 0 Å². The average Bonchev–Trinajstić information content (AvgIpc) is 2.64. The maximum atomic E-state index is 5.87. The van der Waals surface area contributed by atoms with E-state index >= 15 is 0 Å². The SMILES string of the molecule is COc1cnc(-c2cnnn2C)nc1Cl. The summed E-state index contributed by atoms with van der Waals surface area (Å²) in [6, 6.07) is 0. The fourth-order valence-corrected chi connectivity index (χ4v) is 1.31. The maximum absolute atomic E-state index is 5.87. The number of rotatable bonds is 2. The Labute approximate surface area is 90.9 Å². The first-order valence-corrected chi connectivity index (χ1v) is 4.51. The second-order valence-electron chi connectivity index (χ2n) is 2.80. The molecule has 0 bridgehead atoms.